The molecule has 0 spiro atoms. The van der Waals surface area contributed by atoms with Gasteiger partial charge in [0.1, 0.15) is 11.3 Å². The molecule has 4 nitrogen and oxygen atoms in total. The molecule has 0 aliphatic carbocycles. The minimum atomic E-state index is -0.122. The first-order valence-corrected chi connectivity index (χ1v) is 7.49. The average Bonchev–Trinajstić information content (AvgIpc) is 2.83. The van der Waals surface area contributed by atoms with Crippen LogP contribution in [0.15, 0.2) is 48.7 Å². The number of aromatic nitrogens is 2. The summed E-state index contributed by atoms with van der Waals surface area (Å²) in [7, 11) is 0. The third-order valence-corrected chi connectivity index (χ3v) is 3.75. The fraction of sp³-hybridized carbons (Fsp3) is 0.176. The number of pyridine rings is 1. The lowest BCUT2D eigenvalue weighted by Crippen LogP contribution is -2.27. The third kappa shape index (κ3) is 2.97. The predicted octanol–water partition coefficient (Wildman–Crippen LogP) is 3.27. The highest BCUT2D eigenvalue weighted by Gasteiger charge is 2.16. The van der Waals surface area contributed by atoms with Gasteiger partial charge in [0.05, 0.1) is 5.69 Å². The Morgan fingerprint density at radius 2 is 2.05 bits per heavy atom. The van der Waals surface area contributed by atoms with Gasteiger partial charge in [-0.2, -0.15) is 0 Å². The summed E-state index contributed by atoms with van der Waals surface area (Å²) in [6.45, 7) is 2.41. The van der Waals surface area contributed by atoms with Crippen molar-refractivity contribution in [3.05, 3.63) is 70.6 Å². The number of carbonyl (C=O) groups is 1. The smallest absolute Gasteiger partial charge is 0.270 e. The molecule has 0 saturated carbocycles. The average molecular weight is 314 g/mol. The summed E-state index contributed by atoms with van der Waals surface area (Å²) in [5.41, 5.74) is 3.13. The normalized spacial score (nSPS) is 10.8. The van der Waals surface area contributed by atoms with Crippen molar-refractivity contribution in [2.75, 3.05) is 6.54 Å². The Hall–Kier alpha value is -2.33. The first-order valence-electron chi connectivity index (χ1n) is 7.11. The van der Waals surface area contributed by atoms with Gasteiger partial charge in [0.25, 0.3) is 5.91 Å². The van der Waals surface area contributed by atoms with Gasteiger partial charge in [0.2, 0.25) is 0 Å². The van der Waals surface area contributed by atoms with Crippen molar-refractivity contribution in [2.45, 2.75) is 13.3 Å². The quantitative estimate of drug-likeness (QED) is 0.803. The van der Waals surface area contributed by atoms with Gasteiger partial charge in [0, 0.05) is 23.8 Å². The molecule has 3 aromatic rings. The number of hydrogen-bond acceptors (Lipinski definition) is 2. The van der Waals surface area contributed by atoms with Crippen molar-refractivity contribution in [1.29, 1.82) is 0 Å². The molecular weight excluding hydrogens is 298 g/mol. The van der Waals surface area contributed by atoms with E-state index in [0.717, 1.165) is 6.42 Å². The molecule has 22 heavy (non-hydrogen) atoms. The predicted molar refractivity (Wildman–Crippen MR) is 87.4 cm³/mol. The summed E-state index contributed by atoms with van der Waals surface area (Å²) in [5.74, 6) is -0.122. The van der Waals surface area contributed by atoms with E-state index in [2.05, 4.69) is 10.3 Å². The van der Waals surface area contributed by atoms with Gasteiger partial charge in [-0.25, -0.2) is 4.98 Å². The van der Waals surface area contributed by atoms with Crippen LogP contribution in [0.3, 0.4) is 0 Å². The Kier molecular flexibility index (Phi) is 4.11. The summed E-state index contributed by atoms with van der Waals surface area (Å²) in [4.78, 5) is 16.8. The van der Waals surface area contributed by atoms with Crippen LogP contribution >= 0.6 is 11.6 Å². The number of halogens is 1. The second-order valence-corrected chi connectivity index (χ2v) is 5.55. The van der Waals surface area contributed by atoms with E-state index in [9.17, 15) is 4.79 Å². The molecule has 1 aromatic carbocycles. The zero-order valence-corrected chi connectivity index (χ0v) is 13.0. The van der Waals surface area contributed by atoms with Gasteiger partial charge in [-0.1, -0.05) is 41.9 Å². The van der Waals surface area contributed by atoms with Crippen LogP contribution in [0.2, 0.25) is 5.02 Å². The van der Waals surface area contributed by atoms with Gasteiger partial charge in [-0.15, -0.1) is 0 Å². The van der Waals surface area contributed by atoms with Crippen molar-refractivity contribution in [3.8, 4) is 0 Å². The van der Waals surface area contributed by atoms with Gasteiger partial charge in [-0.05, 0) is 25.0 Å². The molecule has 1 N–H and O–H groups in total. The lowest BCUT2D eigenvalue weighted by Gasteiger charge is -2.06. The molecule has 0 fully saturated rings. The molecule has 3 rings (SSSR count). The van der Waals surface area contributed by atoms with E-state index in [1.54, 1.807) is 22.7 Å². The van der Waals surface area contributed by atoms with E-state index in [0.29, 0.717) is 28.6 Å². The molecule has 0 aliphatic heterocycles. The monoisotopic (exact) mass is 313 g/mol. The van der Waals surface area contributed by atoms with E-state index in [1.165, 1.54) is 5.56 Å². The molecule has 2 aromatic heterocycles. The lowest BCUT2D eigenvalue weighted by molar-refractivity contribution is 0.0947. The second-order valence-electron chi connectivity index (χ2n) is 5.11. The molecule has 0 aliphatic rings. The van der Waals surface area contributed by atoms with Gasteiger partial charge in [-0.3, -0.25) is 9.20 Å². The number of fused-ring (bicyclic) bond motifs is 1. The van der Waals surface area contributed by atoms with Crippen LogP contribution in [0, 0.1) is 6.92 Å². The SMILES string of the molecule is Cc1nc2cc(Cl)ccn2c1C(=O)NCCc1ccccc1. The summed E-state index contributed by atoms with van der Waals surface area (Å²) in [6, 6.07) is 13.6. The molecule has 0 unspecified atom stereocenters. The zero-order valence-electron chi connectivity index (χ0n) is 12.2. The molecule has 2 heterocycles. The van der Waals surface area contributed by atoms with Crippen LogP contribution in [0.5, 0.6) is 0 Å². The molecule has 0 atom stereocenters. The topological polar surface area (TPSA) is 46.4 Å². The first kappa shape index (κ1) is 14.6. The Morgan fingerprint density at radius 3 is 2.82 bits per heavy atom. The second kappa shape index (κ2) is 6.20. The molecule has 0 bridgehead atoms. The standard InChI is InChI=1S/C17H16ClN3O/c1-12-16(21-10-8-14(18)11-15(21)20-12)17(22)19-9-7-13-5-3-2-4-6-13/h2-6,8,10-11H,7,9H2,1H3,(H,19,22). The summed E-state index contributed by atoms with van der Waals surface area (Å²) in [5, 5.41) is 3.55. The van der Waals surface area contributed by atoms with E-state index >= 15 is 0 Å². The van der Waals surface area contributed by atoms with E-state index in [-0.39, 0.29) is 5.91 Å². The molecule has 5 heteroatoms. The number of rotatable bonds is 4. The van der Waals surface area contributed by atoms with Crippen molar-refractivity contribution in [3.63, 3.8) is 0 Å². The maximum atomic E-state index is 12.4. The highest BCUT2D eigenvalue weighted by Crippen LogP contribution is 2.16. The van der Waals surface area contributed by atoms with Gasteiger partial charge >= 0.3 is 0 Å². The number of carbonyl (C=O) groups excluding carboxylic acids is 1. The number of benzene rings is 1. The molecular formula is C17H16ClN3O. The van der Waals surface area contributed by atoms with Crippen LogP contribution in [-0.2, 0) is 6.42 Å². The van der Waals surface area contributed by atoms with E-state index in [4.69, 9.17) is 11.6 Å². The number of hydrogen-bond donors (Lipinski definition) is 1. The minimum Gasteiger partial charge on any atom is -0.350 e. The van der Waals surface area contributed by atoms with Crippen molar-refractivity contribution >= 4 is 23.2 Å². The van der Waals surface area contributed by atoms with Crippen LogP contribution in [0.4, 0.5) is 0 Å². The number of nitrogens with zero attached hydrogens (tertiary/aromatic N) is 2. The summed E-state index contributed by atoms with van der Waals surface area (Å²) in [6.07, 6.45) is 2.57. The fourth-order valence-electron chi connectivity index (χ4n) is 2.46. The molecule has 112 valence electrons. The third-order valence-electron chi connectivity index (χ3n) is 3.52. The van der Waals surface area contributed by atoms with Crippen LogP contribution in [0.1, 0.15) is 21.7 Å². The van der Waals surface area contributed by atoms with E-state index < -0.39 is 0 Å². The first-order chi connectivity index (χ1) is 10.6. The van der Waals surface area contributed by atoms with Gasteiger partial charge in [0.15, 0.2) is 0 Å². The number of imidazole rings is 1. The fourth-order valence-corrected chi connectivity index (χ4v) is 2.61. The summed E-state index contributed by atoms with van der Waals surface area (Å²) >= 11 is 5.96. The number of aryl methyl sites for hydroxylation is 1. The minimum absolute atomic E-state index is 0.122. The van der Waals surface area contributed by atoms with E-state index in [1.807, 2.05) is 37.3 Å². The van der Waals surface area contributed by atoms with Gasteiger partial charge < -0.3 is 5.32 Å². The van der Waals surface area contributed by atoms with Crippen molar-refractivity contribution < 1.29 is 4.79 Å². The highest BCUT2D eigenvalue weighted by atomic mass is 35.5. The Morgan fingerprint density at radius 1 is 1.27 bits per heavy atom. The summed E-state index contributed by atoms with van der Waals surface area (Å²) < 4.78 is 1.76. The van der Waals surface area contributed by atoms with Crippen molar-refractivity contribution in [1.82, 2.24) is 14.7 Å². The molecule has 1 amide bonds. The molecule has 0 saturated heterocycles. The maximum absolute atomic E-state index is 12.4. The van der Waals surface area contributed by atoms with Crippen LogP contribution in [-0.4, -0.2) is 21.8 Å². The largest absolute Gasteiger partial charge is 0.350 e. The van der Waals surface area contributed by atoms with Crippen LogP contribution < -0.4 is 5.32 Å². The highest BCUT2D eigenvalue weighted by molar-refractivity contribution is 6.30. The Labute approximate surface area is 133 Å². The molecule has 0 radical (unpaired) electrons. The Bertz CT molecular complexity index is 811. The number of nitrogens with one attached hydrogen (secondary N) is 1. The van der Waals surface area contributed by atoms with Crippen LogP contribution in [0.25, 0.3) is 5.65 Å². The zero-order chi connectivity index (χ0) is 15.5. The number of amides is 1. The Balaban J connectivity index is 1.74. The van der Waals surface area contributed by atoms with Crippen molar-refractivity contribution in [2.24, 2.45) is 0 Å². The lowest BCUT2D eigenvalue weighted by atomic mass is 10.1. The maximum Gasteiger partial charge on any atom is 0.270 e.